The van der Waals surface area contributed by atoms with Crippen LogP contribution in [0, 0.1) is 5.92 Å². The molecule has 176 valence electrons. The highest BCUT2D eigenvalue weighted by Gasteiger charge is 2.47. The molecule has 1 aliphatic carbocycles. The monoisotopic (exact) mass is 514 g/mol. The Morgan fingerprint density at radius 1 is 1.27 bits per heavy atom. The second kappa shape index (κ2) is 8.71. The summed E-state index contributed by atoms with van der Waals surface area (Å²) in [6.45, 7) is 1.88. The Morgan fingerprint density at radius 2 is 1.97 bits per heavy atom. The van der Waals surface area contributed by atoms with Crippen LogP contribution in [0.5, 0.6) is 0 Å². The molecule has 4 rings (SSSR count). The lowest BCUT2D eigenvalue weighted by Crippen LogP contribution is -2.24. The Labute approximate surface area is 199 Å². The molecule has 0 radical (unpaired) electrons. The Hall–Kier alpha value is -2.47. The largest absolute Gasteiger partial charge is 0.476 e. The van der Waals surface area contributed by atoms with Crippen molar-refractivity contribution in [2.45, 2.75) is 37.6 Å². The first-order valence-electron chi connectivity index (χ1n) is 10.1. The molecule has 2 aliphatic rings. The average Bonchev–Trinajstić information content (AvgIpc) is 3.33. The van der Waals surface area contributed by atoms with Crippen LogP contribution in [0.4, 0.5) is 0 Å². The summed E-state index contributed by atoms with van der Waals surface area (Å²) in [6, 6.07) is 2.91. The van der Waals surface area contributed by atoms with Crippen LogP contribution in [-0.2, 0) is 26.0 Å². The molecule has 0 spiro atoms. The molecule has 10 nitrogen and oxygen atoms in total. The van der Waals surface area contributed by atoms with Gasteiger partial charge in [0.1, 0.15) is 12.4 Å². The van der Waals surface area contributed by atoms with Gasteiger partial charge in [-0.15, -0.1) is 5.10 Å². The maximum atomic E-state index is 13.7. The average molecular weight is 515 g/mol. The quantitative estimate of drug-likeness (QED) is 0.527. The van der Waals surface area contributed by atoms with Crippen molar-refractivity contribution in [3.63, 3.8) is 0 Å². The number of nitrogens with zero attached hydrogens (tertiary/aromatic N) is 4. The first-order chi connectivity index (χ1) is 15.5. The zero-order valence-corrected chi connectivity index (χ0v) is 20.0. The first kappa shape index (κ1) is 23.7. The number of aliphatic carboxylic acids is 1. The molecule has 0 saturated heterocycles. The summed E-state index contributed by atoms with van der Waals surface area (Å²) in [5.74, 6) is -1.76. The normalized spacial score (nSPS) is 18.8. The van der Waals surface area contributed by atoms with Crippen LogP contribution >= 0.6 is 23.2 Å². The zero-order chi connectivity index (χ0) is 24.1. The molecule has 1 fully saturated rings. The van der Waals surface area contributed by atoms with E-state index in [1.54, 1.807) is 6.92 Å². The summed E-state index contributed by atoms with van der Waals surface area (Å²) >= 11 is 12.6. The molecule has 0 bridgehead atoms. The number of rotatable bonds is 8. The SMILES string of the molecule is CCN1OC(C2CC2)C(C(=O)c2ccc(Cl)c(Cl)c2Cn2cnc(S(C)(=O)=O)n2)=C1C(=O)O. The predicted octanol–water partition coefficient (Wildman–Crippen LogP) is 2.60. The molecule has 33 heavy (non-hydrogen) atoms. The van der Waals surface area contributed by atoms with Gasteiger partial charge in [0.15, 0.2) is 11.5 Å². The van der Waals surface area contributed by atoms with Gasteiger partial charge in [0.05, 0.1) is 22.2 Å². The predicted molar refractivity (Wildman–Crippen MR) is 118 cm³/mol. The fourth-order valence-corrected chi connectivity index (χ4v) is 4.61. The molecule has 2 aromatic rings. The molecule has 1 unspecified atom stereocenters. The number of Topliss-reactive ketones (excluding diaryl/α,β-unsaturated/α-hetero) is 1. The van der Waals surface area contributed by atoms with Crippen LogP contribution in [-0.4, -0.2) is 64.0 Å². The van der Waals surface area contributed by atoms with E-state index in [0.29, 0.717) is 0 Å². The number of sulfone groups is 1. The second-order valence-corrected chi connectivity index (χ2v) is 10.5. The number of carboxylic acids is 1. The number of carbonyl (C=O) groups excluding carboxylic acids is 1. The van der Waals surface area contributed by atoms with E-state index in [1.807, 2.05) is 0 Å². The summed E-state index contributed by atoms with van der Waals surface area (Å²) in [6.07, 6.45) is 3.16. The van der Waals surface area contributed by atoms with Gasteiger partial charge in [0.25, 0.3) is 5.16 Å². The van der Waals surface area contributed by atoms with Crippen molar-refractivity contribution in [1.29, 1.82) is 0 Å². The van der Waals surface area contributed by atoms with E-state index in [-0.39, 0.29) is 56.6 Å². The van der Waals surface area contributed by atoms with Crippen molar-refractivity contribution in [3.8, 4) is 0 Å². The lowest BCUT2D eigenvalue weighted by atomic mass is 9.92. The van der Waals surface area contributed by atoms with Gasteiger partial charge >= 0.3 is 5.97 Å². The zero-order valence-electron chi connectivity index (χ0n) is 17.7. The number of hydrogen-bond donors (Lipinski definition) is 1. The summed E-state index contributed by atoms with van der Waals surface area (Å²) < 4.78 is 24.6. The highest BCUT2D eigenvalue weighted by Crippen LogP contribution is 2.44. The minimum atomic E-state index is -3.63. The van der Waals surface area contributed by atoms with Gasteiger partial charge in [-0.1, -0.05) is 23.2 Å². The summed E-state index contributed by atoms with van der Waals surface area (Å²) in [4.78, 5) is 35.4. The van der Waals surface area contributed by atoms with E-state index in [0.717, 1.165) is 19.1 Å². The van der Waals surface area contributed by atoms with Crippen molar-refractivity contribution >= 4 is 44.8 Å². The van der Waals surface area contributed by atoms with Gasteiger partial charge in [0.2, 0.25) is 9.84 Å². The van der Waals surface area contributed by atoms with Crippen LogP contribution < -0.4 is 0 Å². The third-order valence-electron chi connectivity index (χ3n) is 5.42. The topological polar surface area (TPSA) is 132 Å². The molecule has 1 N–H and O–H groups in total. The minimum Gasteiger partial charge on any atom is -0.476 e. The Bertz CT molecular complexity index is 1290. The Morgan fingerprint density at radius 3 is 2.52 bits per heavy atom. The molecule has 1 saturated carbocycles. The number of ketones is 1. The van der Waals surface area contributed by atoms with Crippen molar-refractivity contribution in [2.24, 2.45) is 5.92 Å². The molecule has 1 aliphatic heterocycles. The van der Waals surface area contributed by atoms with E-state index in [2.05, 4.69) is 10.1 Å². The summed E-state index contributed by atoms with van der Waals surface area (Å²) in [5, 5.41) is 14.9. The van der Waals surface area contributed by atoms with Gasteiger partial charge in [-0.2, -0.15) is 0 Å². The smallest absolute Gasteiger partial charge is 0.355 e. The molecule has 1 aromatic heterocycles. The van der Waals surface area contributed by atoms with E-state index in [4.69, 9.17) is 28.0 Å². The van der Waals surface area contributed by atoms with E-state index in [9.17, 15) is 23.1 Å². The summed E-state index contributed by atoms with van der Waals surface area (Å²) in [5.41, 5.74) is 0.251. The number of benzene rings is 1. The lowest BCUT2D eigenvalue weighted by molar-refractivity contribution is -0.158. The van der Waals surface area contributed by atoms with Crippen LogP contribution in [0.15, 0.2) is 34.9 Å². The lowest BCUT2D eigenvalue weighted by Gasteiger charge is -2.18. The van der Waals surface area contributed by atoms with Crippen molar-refractivity contribution < 1.29 is 28.0 Å². The van der Waals surface area contributed by atoms with Crippen molar-refractivity contribution in [2.75, 3.05) is 12.8 Å². The molecule has 1 atom stereocenters. The molecule has 13 heteroatoms. The van der Waals surface area contributed by atoms with Gasteiger partial charge < -0.3 is 5.11 Å². The molecular weight excluding hydrogens is 495 g/mol. The number of likely N-dealkylation sites (N-methyl/N-ethyl adjacent to an activating group) is 1. The fraction of sp³-hybridized carbons (Fsp3) is 0.400. The number of halogens is 2. The first-order valence-corrected chi connectivity index (χ1v) is 12.7. The molecule has 2 heterocycles. The highest BCUT2D eigenvalue weighted by atomic mass is 35.5. The van der Waals surface area contributed by atoms with Crippen LogP contribution in [0.1, 0.15) is 35.7 Å². The second-order valence-electron chi connectivity index (χ2n) is 7.84. The van der Waals surface area contributed by atoms with Gasteiger partial charge in [-0.25, -0.2) is 27.9 Å². The maximum absolute atomic E-state index is 13.7. The van der Waals surface area contributed by atoms with Crippen LogP contribution in [0.2, 0.25) is 10.0 Å². The van der Waals surface area contributed by atoms with Gasteiger partial charge in [0, 0.05) is 23.9 Å². The maximum Gasteiger partial charge on any atom is 0.355 e. The van der Waals surface area contributed by atoms with Crippen molar-refractivity contribution in [3.05, 3.63) is 50.9 Å². The van der Waals surface area contributed by atoms with Gasteiger partial charge in [-0.3, -0.25) is 9.63 Å². The number of hydrogen-bond acceptors (Lipinski definition) is 8. The third-order valence-corrected chi connectivity index (χ3v) is 7.12. The number of hydroxylamine groups is 2. The number of aromatic nitrogens is 3. The molecular formula is C20H20Cl2N4O6S. The fourth-order valence-electron chi connectivity index (χ4n) is 3.71. The number of carboxylic acid groups (broad SMARTS) is 1. The summed E-state index contributed by atoms with van der Waals surface area (Å²) in [7, 11) is -3.63. The number of carbonyl (C=O) groups is 2. The Balaban J connectivity index is 1.81. The van der Waals surface area contributed by atoms with Crippen molar-refractivity contribution in [1.82, 2.24) is 19.8 Å². The van der Waals surface area contributed by atoms with Gasteiger partial charge in [-0.05, 0) is 37.8 Å². The third kappa shape index (κ3) is 4.50. The standard InChI is InChI=1S/C20H20Cl2N4O6S/c1-3-26-16(19(28)29)14(18(32-26)10-4-5-10)17(27)11-6-7-13(21)15(22)12(11)8-25-9-23-20(24-25)33(2,30)31/h6-7,9-10,18H,3-5,8H2,1-2H3,(H,28,29). The van der Waals surface area contributed by atoms with Crippen LogP contribution in [0.3, 0.4) is 0 Å². The Kier molecular flexibility index (Phi) is 6.25. The highest BCUT2D eigenvalue weighted by molar-refractivity contribution is 7.90. The van der Waals surface area contributed by atoms with E-state index >= 15 is 0 Å². The molecule has 0 amide bonds. The minimum absolute atomic E-state index is 0.0497. The molecule has 1 aromatic carbocycles. The van der Waals surface area contributed by atoms with Crippen LogP contribution in [0.25, 0.3) is 0 Å². The van der Waals surface area contributed by atoms with E-state index in [1.165, 1.54) is 28.2 Å². The van der Waals surface area contributed by atoms with E-state index < -0.39 is 27.7 Å².